The van der Waals surface area contributed by atoms with Gasteiger partial charge in [-0.05, 0) is 44.0 Å². The van der Waals surface area contributed by atoms with E-state index in [1.165, 1.54) is 12.1 Å². The maximum Gasteiger partial charge on any atom is 0.410 e. The molecule has 0 saturated heterocycles. The molecule has 0 radical (unpaired) electrons. The van der Waals surface area contributed by atoms with E-state index in [0.717, 1.165) is 17.3 Å². The third-order valence-electron chi connectivity index (χ3n) is 3.71. The van der Waals surface area contributed by atoms with Crippen molar-refractivity contribution in [1.29, 1.82) is 0 Å². The van der Waals surface area contributed by atoms with Crippen LogP contribution in [0.2, 0.25) is 0 Å². The average Bonchev–Trinajstić information content (AvgIpc) is 2.97. The van der Waals surface area contributed by atoms with Gasteiger partial charge < -0.3 is 9.47 Å². The van der Waals surface area contributed by atoms with Crippen molar-refractivity contribution >= 4 is 11.8 Å². The highest BCUT2D eigenvalue weighted by Crippen LogP contribution is 2.30. The summed E-state index contributed by atoms with van der Waals surface area (Å²) in [4.78, 5) is 27.9. The lowest BCUT2D eigenvalue weighted by Crippen LogP contribution is -2.33. The Bertz CT molecular complexity index is 843. The SMILES string of the molecule is CC(C)(C)OC(=O)N1Cc2ccc(Oc3ccc([N+](=O)[O-])cn3)cc2C1. The summed E-state index contributed by atoms with van der Waals surface area (Å²) in [6.45, 7) is 6.42. The van der Waals surface area contributed by atoms with Gasteiger partial charge in [-0.2, -0.15) is 0 Å². The van der Waals surface area contributed by atoms with Crippen molar-refractivity contribution in [3.63, 3.8) is 0 Å². The van der Waals surface area contributed by atoms with E-state index in [9.17, 15) is 14.9 Å². The molecule has 1 aliphatic heterocycles. The van der Waals surface area contributed by atoms with Gasteiger partial charge in [-0.3, -0.25) is 15.0 Å². The number of hydrogen-bond donors (Lipinski definition) is 0. The second kappa shape index (κ2) is 6.62. The molecular formula is C18H19N3O5. The lowest BCUT2D eigenvalue weighted by atomic mass is 10.1. The summed E-state index contributed by atoms with van der Waals surface area (Å²) in [7, 11) is 0. The third-order valence-corrected chi connectivity index (χ3v) is 3.71. The van der Waals surface area contributed by atoms with Crippen LogP contribution < -0.4 is 4.74 Å². The Morgan fingerprint density at radius 2 is 1.92 bits per heavy atom. The van der Waals surface area contributed by atoms with Gasteiger partial charge in [0.25, 0.3) is 5.69 Å². The van der Waals surface area contributed by atoms with Crippen LogP contribution in [-0.4, -0.2) is 26.5 Å². The van der Waals surface area contributed by atoms with Crippen LogP contribution in [0.25, 0.3) is 0 Å². The molecule has 0 aliphatic carbocycles. The van der Waals surface area contributed by atoms with Crippen LogP contribution in [0.5, 0.6) is 11.6 Å². The molecule has 1 aliphatic rings. The number of benzene rings is 1. The number of carbonyl (C=O) groups excluding carboxylic acids is 1. The van der Waals surface area contributed by atoms with Crippen molar-refractivity contribution < 1.29 is 19.2 Å². The van der Waals surface area contributed by atoms with Crippen molar-refractivity contribution in [3.8, 4) is 11.6 Å². The first-order valence-electron chi connectivity index (χ1n) is 8.09. The molecule has 136 valence electrons. The zero-order valence-electron chi connectivity index (χ0n) is 14.8. The van der Waals surface area contributed by atoms with Crippen LogP contribution in [0.15, 0.2) is 36.5 Å². The predicted molar refractivity (Wildman–Crippen MR) is 92.9 cm³/mol. The summed E-state index contributed by atoms with van der Waals surface area (Å²) in [5, 5.41) is 10.7. The number of hydrogen-bond acceptors (Lipinski definition) is 6. The summed E-state index contributed by atoms with van der Waals surface area (Å²) >= 11 is 0. The summed E-state index contributed by atoms with van der Waals surface area (Å²) < 4.78 is 11.0. The predicted octanol–water partition coefficient (Wildman–Crippen LogP) is 4.03. The molecule has 0 N–H and O–H groups in total. The zero-order valence-corrected chi connectivity index (χ0v) is 14.8. The number of fused-ring (bicyclic) bond motifs is 1. The second-order valence-corrected chi connectivity index (χ2v) is 6.98. The monoisotopic (exact) mass is 357 g/mol. The molecule has 8 heteroatoms. The van der Waals surface area contributed by atoms with Crippen LogP contribution in [0.1, 0.15) is 31.9 Å². The number of amides is 1. The highest BCUT2D eigenvalue weighted by molar-refractivity contribution is 5.69. The Morgan fingerprint density at radius 3 is 2.54 bits per heavy atom. The van der Waals surface area contributed by atoms with Crippen LogP contribution in [0.3, 0.4) is 0 Å². The highest BCUT2D eigenvalue weighted by Gasteiger charge is 2.28. The number of ether oxygens (including phenoxy) is 2. The molecule has 0 saturated carbocycles. The Hall–Kier alpha value is -3.16. The molecule has 3 rings (SSSR count). The molecule has 1 aromatic carbocycles. The van der Waals surface area contributed by atoms with Crippen molar-refractivity contribution in [2.75, 3.05) is 0 Å². The molecular weight excluding hydrogens is 338 g/mol. The fraction of sp³-hybridized carbons (Fsp3) is 0.333. The van der Waals surface area contributed by atoms with Gasteiger partial charge in [-0.15, -0.1) is 0 Å². The van der Waals surface area contributed by atoms with E-state index < -0.39 is 10.5 Å². The summed E-state index contributed by atoms with van der Waals surface area (Å²) in [5.74, 6) is 0.814. The van der Waals surface area contributed by atoms with Crippen LogP contribution in [-0.2, 0) is 17.8 Å². The topological polar surface area (TPSA) is 94.8 Å². The van der Waals surface area contributed by atoms with Crippen molar-refractivity contribution in [2.45, 2.75) is 39.5 Å². The maximum absolute atomic E-state index is 12.2. The summed E-state index contributed by atoms with van der Waals surface area (Å²) in [6, 6.07) is 8.28. The van der Waals surface area contributed by atoms with Crippen molar-refractivity contribution in [3.05, 3.63) is 57.8 Å². The van der Waals surface area contributed by atoms with Gasteiger partial charge >= 0.3 is 6.09 Å². The van der Waals surface area contributed by atoms with Gasteiger partial charge in [-0.25, -0.2) is 9.78 Å². The Kier molecular flexibility index (Phi) is 4.50. The van der Waals surface area contributed by atoms with E-state index in [0.29, 0.717) is 18.8 Å². The zero-order chi connectivity index (χ0) is 18.9. The molecule has 2 aromatic rings. The Morgan fingerprint density at radius 1 is 1.19 bits per heavy atom. The minimum atomic E-state index is -0.540. The van der Waals surface area contributed by atoms with Gasteiger partial charge in [0.05, 0.1) is 4.92 Å². The summed E-state index contributed by atoms with van der Waals surface area (Å²) in [6.07, 6.45) is 0.792. The third kappa shape index (κ3) is 4.08. The standard InChI is InChI=1S/C18H19N3O5/c1-18(2,3)26-17(22)20-10-12-4-6-15(8-13(12)11-20)25-16-7-5-14(9-19-16)21(23)24/h4-9H,10-11H2,1-3H3. The molecule has 8 nitrogen and oxygen atoms in total. The lowest BCUT2D eigenvalue weighted by Gasteiger charge is -2.24. The van der Waals surface area contributed by atoms with E-state index in [4.69, 9.17) is 9.47 Å². The quantitative estimate of drug-likeness (QED) is 0.608. The van der Waals surface area contributed by atoms with E-state index in [2.05, 4.69) is 4.98 Å². The second-order valence-electron chi connectivity index (χ2n) is 6.98. The van der Waals surface area contributed by atoms with Gasteiger partial charge in [-0.1, -0.05) is 6.07 Å². The van der Waals surface area contributed by atoms with Crippen molar-refractivity contribution in [2.24, 2.45) is 0 Å². The van der Waals surface area contributed by atoms with Gasteiger partial charge in [0.2, 0.25) is 5.88 Å². The number of nitro groups is 1. The van der Waals surface area contributed by atoms with Crippen LogP contribution >= 0.6 is 0 Å². The first kappa shape index (κ1) is 17.7. The summed E-state index contributed by atoms with van der Waals surface area (Å²) in [5.41, 5.74) is 1.36. The molecule has 0 unspecified atom stereocenters. The van der Waals surface area contributed by atoms with E-state index >= 15 is 0 Å². The fourth-order valence-corrected chi connectivity index (χ4v) is 2.55. The molecule has 0 bridgehead atoms. The molecule has 0 spiro atoms. The lowest BCUT2D eigenvalue weighted by molar-refractivity contribution is -0.385. The van der Waals surface area contributed by atoms with Gasteiger partial charge in [0.1, 0.15) is 17.5 Å². The first-order valence-corrected chi connectivity index (χ1v) is 8.09. The molecule has 0 atom stereocenters. The number of rotatable bonds is 3. The van der Waals surface area contributed by atoms with E-state index in [1.54, 1.807) is 11.0 Å². The minimum Gasteiger partial charge on any atom is -0.444 e. The maximum atomic E-state index is 12.2. The smallest absolute Gasteiger partial charge is 0.410 e. The first-order chi connectivity index (χ1) is 12.2. The van der Waals surface area contributed by atoms with Gasteiger partial charge in [0, 0.05) is 25.2 Å². The normalized spacial score (nSPS) is 13.3. The minimum absolute atomic E-state index is 0.0979. The molecule has 2 heterocycles. The highest BCUT2D eigenvalue weighted by atomic mass is 16.6. The molecule has 0 fully saturated rings. The van der Waals surface area contributed by atoms with E-state index in [-0.39, 0.29) is 17.7 Å². The fourth-order valence-electron chi connectivity index (χ4n) is 2.55. The molecule has 1 amide bonds. The molecule has 1 aromatic heterocycles. The molecule has 26 heavy (non-hydrogen) atoms. The van der Waals surface area contributed by atoms with E-state index in [1.807, 2.05) is 32.9 Å². The van der Waals surface area contributed by atoms with Crippen molar-refractivity contribution in [1.82, 2.24) is 9.88 Å². The number of pyridine rings is 1. The average molecular weight is 357 g/mol. The number of carbonyl (C=O) groups is 1. The van der Waals surface area contributed by atoms with Crippen LogP contribution in [0.4, 0.5) is 10.5 Å². The number of aromatic nitrogens is 1. The Balaban J connectivity index is 1.69. The van der Waals surface area contributed by atoms with Gasteiger partial charge in [0.15, 0.2) is 0 Å². The largest absolute Gasteiger partial charge is 0.444 e. The van der Waals surface area contributed by atoms with Crippen LogP contribution in [0, 0.1) is 10.1 Å². The number of nitrogens with zero attached hydrogens (tertiary/aromatic N) is 3. The Labute approximate surface area is 150 Å².